The number of anilines is 1. The van der Waals surface area contributed by atoms with E-state index >= 15 is 0 Å². The van der Waals surface area contributed by atoms with Crippen LogP contribution in [-0.4, -0.2) is 39.3 Å². The maximum atomic E-state index is 11.5. The standard InChI is InChI=1S/C14H22N2O2/c1-4-16(12-8-6-5-7-9-12)11-10-13(15-2)14(17)18-3/h5-9,13,15H,4,10-11H2,1-3H3. The highest BCUT2D eigenvalue weighted by Crippen LogP contribution is 2.13. The Hall–Kier alpha value is -1.55. The van der Waals surface area contributed by atoms with Crippen LogP contribution in [0.5, 0.6) is 0 Å². The molecule has 0 saturated carbocycles. The van der Waals surface area contributed by atoms with Crippen molar-refractivity contribution in [2.24, 2.45) is 0 Å². The lowest BCUT2D eigenvalue weighted by Gasteiger charge is -2.25. The minimum absolute atomic E-state index is 0.207. The van der Waals surface area contributed by atoms with E-state index in [9.17, 15) is 4.79 Å². The highest BCUT2D eigenvalue weighted by molar-refractivity contribution is 5.75. The summed E-state index contributed by atoms with van der Waals surface area (Å²) in [7, 11) is 3.20. The van der Waals surface area contributed by atoms with Gasteiger partial charge < -0.3 is 15.0 Å². The van der Waals surface area contributed by atoms with Gasteiger partial charge in [-0.05, 0) is 32.5 Å². The number of carbonyl (C=O) groups excluding carboxylic acids is 1. The normalized spacial score (nSPS) is 11.9. The Balaban J connectivity index is 2.57. The van der Waals surface area contributed by atoms with Crippen molar-refractivity contribution < 1.29 is 9.53 Å². The Kier molecular flexibility index (Phi) is 6.22. The molecule has 0 aromatic heterocycles. The van der Waals surface area contributed by atoms with E-state index in [1.165, 1.54) is 12.8 Å². The van der Waals surface area contributed by atoms with Crippen LogP contribution in [0.15, 0.2) is 30.3 Å². The van der Waals surface area contributed by atoms with E-state index in [1.807, 2.05) is 18.2 Å². The third-order valence-corrected chi connectivity index (χ3v) is 3.02. The summed E-state index contributed by atoms with van der Waals surface area (Å²) in [5, 5.41) is 2.98. The third kappa shape index (κ3) is 4.04. The number of esters is 1. The Bertz CT molecular complexity index is 354. The molecular weight excluding hydrogens is 228 g/mol. The Labute approximate surface area is 109 Å². The second kappa shape index (κ2) is 7.71. The van der Waals surface area contributed by atoms with Gasteiger partial charge in [-0.3, -0.25) is 4.79 Å². The van der Waals surface area contributed by atoms with Crippen molar-refractivity contribution in [3.05, 3.63) is 30.3 Å². The molecule has 1 rings (SSSR count). The summed E-state index contributed by atoms with van der Waals surface area (Å²) in [5.41, 5.74) is 1.18. The maximum absolute atomic E-state index is 11.5. The number of nitrogens with one attached hydrogen (secondary N) is 1. The van der Waals surface area contributed by atoms with Crippen LogP contribution in [-0.2, 0) is 9.53 Å². The number of methoxy groups -OCH3 is 1. The number of benzene rings is 1. The van der Waals surface area contributed by atoms with Crippen LogP contribution in [0.25, 0.3) is 0 Å². The fourth-order valence-corrected chi connectivity index (χ4v) is 1.92. The van der Waals surface area contributed by atoms with Crippen LogP contribution in [0.4, 0.5) is 5.69 Å². The van der Waals surface area contributed by atoms with Crippen molar-refractivity contribution in [2.45, 2.75) is 19.4 Å². The summed E-state index contributed by atoms with van der Waals surface area (Å²) in [6, 6.07) is 9.96. The van der Waals surface area contributed by atoms with Gasteiger partial charge in [-0.1, -0.05) is 18.2 Å². The fraction of sp³-hybridized carbons (Fsp3) is 0.500. The number of hydrogen-bond donors (Lipinski definition) is 1. The Morgan fingerprint density at radius 2 is 2.06 bits per heavy atom. The van der Waals surface area contributed by atoms with E-state index in [4.69, 9.17) is 4.74 Å². The third-order valence-electron chi connectivity index (χ3n) is 3.02. The quantitative estimate of drug-likeness (QED) is 0.747. The van der Waals surface area contributed by atoms with Gasteiger partial charge in [0.1, 0.15) is 6.04 Å². The van der Waals surface area contributed by atoms with E-state index in [2.05, 4.69) is 29.3 Å². The first-order valence-electron chi connectivity index (χ1n) is 6.28. The summed E-state index contributed by atoms with van der Waals surface area (Å²) < 4.78 is 4.75. The smallest absolute Gasteiger partial charge is 0.322 e. The van der Waals surface area contributed by atoms with Crippen LogP contribution in [0.3, 0.4) is 0 Å². The first-order chi connectivity index (χ1) is 8.72. The minimum atomic E-state index is -0.243. The predicted molar refractivity (Wildman–Crippen MR) is 73.8 cm³/mol. The monoisotopic (exact) mass is 250 g/mol. The molecule has 0 spiro atoms. The molecule has 0 fully saturated rings. The molecule has 100 valence electrons. The number of hydrogen-bond acceptors (Lipinski definition) is 4. The molecule has 0 amide bonds. The lowest BCUT2D eigenvalue weighted by Crippen LogP contribution is -2.38. The van der Waals surface area contributed by atoms with Gasteiger partial charge in [0.2, 0.25) is 0 Å². The fourth-order valence-electron chi connectivity index (χ4n) is 1.92. The zero-order valence-electron chi connectivity index (χ0n) is 11.3. The van der Waals surface area contributed by atoms with Crippen molar-refractivity contribution in [2.75, 3.05) is 32.1 Å². The van der Waals surface area contributed by atoms with Gasteiger partial charge in [0, 0.05) is 18.8 Å². The maximum Gasteiger partial charge on any atom is 0.322 e. The van der Waals surface area contributed by atoms with Crippen LogP contribution in [0.2, 0.25) is 0 Å². The molecule has 0 aliphatic heterocycles. The van der Waals surface area contributed by atoms with Crippen molar-refractivity contribution in [1.82, 2.24) is 5.32 Å². The number of ether oxygens (including phenoxy) is 1. The predicted octanol–water partition coefficient (Wildman–Crippen LogP) is 1.66. The van der Waals surface area contributed by atoms with Gasteiger partial charge >= 0.3 is 5.97 Å². The molecule has 1 aromatic rings. The summed E-state index contributed by atoms with van der Waals surface area (Å²) in [6.45, 7) is 3.85. The second-order valence-electron chi connectivity index (χ2n) is 4.07. The number of rotatable bonds is 7. The Morgan fingerprint density at radius 3 is 2.56 bits per heavy atom. The van der Waals surface area contributed by atoms with Gasteiger partial charge in [-0.2, -0.15) is 0 Å². The highest BCUT2D eigenvalue weighted by atomic mass is 16.5. The topological polar surface area (TPSA) is 41.6 Å². The van der Waals surface area contributed by atoms with E-state index < -0.39 is 0 Å². The van der Waals surface area contributed by atoms with Crippen LogP contribution in [0, 0.1) is 0 Å². The first kappa shape index (κ1) is 14.5. The summed E-state index contributed by atoms with van der Waals surface area (Å²) >= 11 is 0. The average Bonchev–Trinajstić information content (AvgIpc) is 2.44. The van der Waals surface area contributed by atoms with E-state index in [-0.39, 0.29) is 12.0 Å². The molecular formula is C14H22N2O2. The van der Waals surface area contributed by atoms with Gasteiger partial charge in [-0.15, -0.1) is 0 Å². The van der Waals surface area contributed by atoms with E-state index in [0.717, 1.165) is 19.5 Å². The van der Waals surface area contributed by atoms with Crippen molar-refractivity contribution in [3.8, 4) is 0 Å². The zero-order valence-corrected chi connectivity index (χ0v) is 11.3. The summed E-state index contributed by atoms with van der Waals surface area (Å²) in [6.07, 6.45) is 0.728. The van der Waals surface area contributed by atoms with Gasteiger partial charge in [0.05, 0.1) is 7.11 Å². The molecule has 1 aromatic carbocycles. The van der Waals surface area contributed by atoms with Crippen LogP contribution in [0.1, 0.15) is 13.3 Å². The molecule has 0 bridgehead atoms. The molecule has 0 heterocycles. The highest BCUT2D eigenvalue weighted by Gasteiger charge is 2.17. The van der Waals surface area contributed by atoms with Crippen molar-refractivity contribution in [3.63, 3.8) is 0 Å². The van der Waals surface area contributed by atoms with Crippen molar-refractivity contribution in [1.29, 1.82) is 0 Å². The van der Waals surface area contributed by atoms with Gasteiger partial charge in [0.15, 0.2) is 0 Å². The zero-order chi connectivity index (χ0) is 13.4. The molecule has 1 unspecified atom stereocenters. The minimum Gasteiger partial charge on any atom is -0.468 e. The summed E-state index contributed by atoms with van der Waals surface area (Å²) in [4.78, 5) is 13.7. The van der Waals surface area contributed by atoms with E-state index in [1.54, 1.807) is 7.05 Å². The largest absolute Gasteiger partial charge is 0.468 e. The molecule has 0 radical (unpaired) electrons. The molecule has 0 aliphatic rings. The van der Waals surface area contributed by atoms with Gasteiger partial charge in [-0.25, -0.2) is 0 Å². The first-order valence-corrected chi connectivity index (χ1v) is 6.28. The lowest BCUT2D eigenvalue weighted by molar-refractivity contribution is -0.143. The van der Waals surface area contributed by atoms with Crippen LogP contribution >= 0.6 is 0 Å². The molecule has 18 heavy (non-hydrogen) atoms. The molecule has 1 atom stereocenters. The second-order valence-corrected chi connectivity index (χ2v) is 4.07. The molecule has 4 nitrogen and oxygen atoms in total. The van der Waals surface area contributed by atoms with E-state index in [0.29, 0.717) is 0 Å². The lowest BCUT2D eigenvalue weighted by atomic mass is 10.2. The molecule has 1 N–H and O–H groups in total. The number of carbonyl (C=O) groups is 1. The van der Waals surface area contributed by atoms with Gasteiger partial charge in [0.25, 0.3) is 0 Å². The average molecular weight is 250 g/mol. The van der Waals surface area contributed by atoms with Crippen LogP contribution < -0.4 is 10.2 Å². The molecule has 0 aliphatic carbocycles. The number of likely N-dealkylation sites (N-methyl/N-ethyl adjacent to an activating group) is 1. The Morgan fingerprint density at radius 1 is 1.39 bits per heavy atom. The summed E-state index contributed by atoms with van der Waals surface area (Å²) in [5.74, 6) is -0.207. The van der Waals surface area contributed by atoms with Crippen molar-refractivity contribution >= 4 is 11.7 Å². The SMILES string of the molecule is CCN(CCC(NC)C(=O)OC)c1ccccc1. The number of para-hydroxylation sites is 1. The number of nitrogens with zero attached hydrogens (tertiary/aromatic N) is 1. The molecule has 0 saturated heterocycles. The molecule has 4 heteroatoms.